The number of aryl methyl sites for hydroxylation is 1. The van der Waals surface area contributed by atoms with Crippen molar-refractivity contribution < 1.29 is 19.1 Å². The Kier molecular flexibility index (Phi) is 3.52. The quantitative estimate of drug-likeness (QED) is 0.611. The van der Waals surface area contributed by atoms with Gasteiger partial charge in [-0.3, -0.25) is 14.9 Å². The summed E-state index contributed by atoms with van der Waals surface area (Å²) >= 11 is 1.25. The van der Waals surface area contributed by atoms with Crippen LogP contribution >= 0.6 is 11.3 Å². The van der Waals surface area contributed by atoms with Gasteiger partial charge in [0.25, 0.3) is 0 Å². The third-order valence-corrected chi connectivity index (χ3v) is 3.84. The van der Waals surface area contributed by atoms with Crippen molar-refractivity contribution in [2.75, 3.05) is 18.6 Å². The van der Waals surface area contributed by atoms with Gasteiger partial charge in [0.1, 0.15) is 12.6 Å². The van der Waals surface area contributed by atoms with Gasteiger partial charge in [0.05, 0.1) is 7.11 Å². The van der Waals surface area contributed by atoms with Crippen molar-refractivity contribution in [2.24, 2.45) is 0 Å². The van der Waals surface area contributed by atoms with Gasteiger partial charge in [0.2, 0.25) is 11.8 Å². The summed E-state index contributed by atoms with van der Waals surface area (Å²) in [6.45, 7) is 3.46. The molecule has 8 heteroatoms. The lowest BCUT2D eigenvalue weighted by molar-refractivity contribution is -0.132. The summed E-state index contributed by atoms with van der Waals surface area (Å²) in [5.74, 6) is -1.28. The van der Waals surface area contributed by atoms with E-state index in [2.05, 4.69) is 15.0 Å². The summed E-state index contributed by atoms with van der Waals surface area (Å²) in [5, 5.41) is 2.72. The first-order valence-corrected chi connectivity index (χ1v) is 6.41. The maximum atomic E-state index is 11.6. The summed E-state index contributed by atoms with van der Waals surface area (Å²) in [5.41, 5.74) is 0.216. The predicted molar refractivity (Wildman–Crippen MR) is 68.1 cm³/mol. The minimum absolute atomic E-state index is 0.0421. The Balaban J connectivity index is 2.33. The van der Waals surface area contributed by atoms with Crippen molar-refractivity contribution in [3.63, 3.8) is 0 Å². The van der Waals surface area contributed by atoms with Gasteiger partial charge in [-0.1, -0.05) is 0 Å². The van der Waals surface area contributed by atoms with E-state index in [4.69, 9.17) is 0 Å². The summed E-state index contributed by atoms with van der Waals surface area (Å²) in [6.07, 6.45) is 0. The first kappa shape index (κ1) is 13.5. The second kappa shape index (κ2) is 4.96. The topological polar surface area (TPSA) is 88.6 Å². The highest BCUT2D eigenvalue weighted by atomic mass is 32.1. The number of carbonyl (C=O) groups is 3. The molecule has 19 heavy (non-hydrogen) atoms. The van der Waals surface area contributed by atoms with E-state index in [1.54, 1.807) is 18.7 Å². The highest BCUT2D eigenvalue weighted by molar-refractivity contribution is 7.15. The molecule has 0 aliphatic carbocycles. The monoisotopic (exact) mass is 283 g/mol. The smallest absolute Gasteiger partial charge is 0.357 e. The number of aromatic nitrogens is 1. The Labute approximate surface area is 113 Å². The normalized spacial score (nSPS) is 19.3. The van der Waals surface area contributed by atoms with Gasteiger partial charge in [-0.15, -0.1) is 11.3 Å². The molecule has 1 aliphatic heterocycles. The molecule has 1 aliphatic rings. The number of hydrogen-bond acceptors (Lipinski definition) is 7. The molecule has 0 bridgehead atoms. The van der Waals surface area contributed by atoms with Crippen LogP contribution in [0.2, 0.25) is 0 Å². The molecule has 0 spiro atoms. The summed E-state index contributed by atoms with van der Waals surface area (Å²) in [6, 6.07) is -0.506. The largest absolute Gasteiger partial charge is 0.464 e. The zero-order chi connectivity index (χ0) is 14.2. The predicted octanol–water partition coefficient (Wildman–Crippen LogP) is 0.0894. The summed E-state index contributed by atoms with van der Waals surface area (Å²) in [4.78, 5) is 40.9. The molecule has 7 nitrogen and oxygen atoms in total. The number of anilines is 1. The van der Waals surface area contributed by atoms with Gasteiger partial charge < -0.3 is 9.64 Å². The number of thiazole rings is 1. The Morgan fingerprint density at radius 3 is 2.84 bits per heavy atom. The molecule has 1 atom stereocenters. The third kappa shape index (κ3) is 2.43. The van der Waals surface area contributed by atoms with Gasteiger partial charge >= 0.3 is 5.97 Å². The van der Waals surface area contributed by atoms with E-state index >= 15 is 0 Å². The van der Waals surface area contributed by atoms with Crippen LogP contribution in [-0.2, 0) is 14.3 Å². The highest BCUT2D eigenvalue weighted by Crippen LogP contribution is 2.28. The van der Waals surface area contributed by atoms with Crippen LogP contribution in [0.4, 0.5) is 5.13 Å². The van der Waals surface area contributed by atoms with E-state index in [0.717, 1.165) is 0 Å². The number of nitrogens with zero attached hydrogens (tertiary/aromatic N) is 2. The Bertz CT molecular complexity index is 554. The SMILES string of the molecule is COC(=O)c1nc(N2CC(=O)NC(=O)C2C)sc1C. The van der Waals surface area contributed by atoms with E-state index in [-0.39, 0.29) is 24.1 Å². The molecule has 0 saturated carbocycles. The van der Waals surface area contributed by atoms with Crippen LogP contribution in [0.1, 0.15) is 22.3 Å². The summed E-state index contributed by atoms with van der Waals surface area (Å²) < 4.78 is 4.63. The lowest BCUT2D eigenvalue weighted by Crippen LogP contribution is -2.57. The van der Waals surface area contributed by atoms with E-state index in [9.17, 15) is 14.4 Å². The van der Waals surface area contributed by atoms with Crippen LogP contribution in [0, 0.1) is 6.92 Å². The lowest BCUT2D eigenvalue weighted by atomic mass is 10.2. The Morgan fingerprint density at radius 2 is 2.21 bits per heavy atom. The van der Waals surface area contributed by atoms with Crippen molar-refractivity contribution in [2.45, 2.75) is 19.9 Å². The molecule has 0 aromatic carbocycles. The number of ether oxygens (including phenoxy) is 1. The molecule has 1 N–H and O–H groups in total. The molecular weight excluding hydrogens is 270 g/mol. The van der Waals surface area contributed by atoms with Gasteiger partial charge in [-0.25, -0.2) is 9.78 Å². The van der Waals surface area contributed by atoms with Crippen molar-refractivity contribution >= 4 is 34.3 Å². The molecule has 1 aromatic rings. The van der Waals surface area contributed by atoms with Crippen molar-refractivity contribution in [1.29, 1.82) is 0 Å². The van der Waals surface area contributed by atoms with Crippen LogP contribution in [0.3, 0.4) is 0 Å². The number of esters is 1. The molecular formula is C11H13N3O4S. The molecule has 2 amide bonds. The maximum absolute atomic E-state index is 11.6. The minimum atomic E-state index is -0.527. The number of piperazine rings is 1. The highest BCUT2D eigenvalue weighted by Gasteiger charge is 2.33. The van der Waals surface area contributed by atoms with Crippen LogP contribution in [-0.4, -0.2) is 42.5 Å². The molecule has 1 saturated heterocycles. The fourth-order valence-electron chi connectivity index (χ4n) is 1.74. The number of imide groups is 1. The van der Waals surface area contributed by atoms with E-state index < -0.39 is 12.0 Å². The fourth-order valence-corrected chi connectivity index (χ4v) is 2.72. The second-order valence-corrected chi connectivity index (χ2v) is 5.29. The second-order valence-electron chi connectivity index (χ2n) is 4.11. The molecule has 2 heterocycles. The number of rotatable bonds is 2. The van der Waals surface area contributed by atoms with Gasteiger partial charge in [0.15, 0.2) is 10.8 Å². The zero-order valence-electron chi connectivity index (χ0n) is 10.7. The lowest BCUT2D eigenvalue weighted by Gasteiger charge is -2.31. The van der Waals surface area contributed by atoms with Crippen LogP contribution in [0.5, 0.6) is 0 Å². The van der Waals surface area contributed by atoms with Crippen LogP contribution in [0.25, 0.3) is 0 Å². The molecule has 102 valence electrons. The first-order chi connectivity index (χ1) is 8.93. The molecule has 1 unspecified atom stereocenters. The first-order valence-electron chi connectivity index (χ1n) is 5.60. The number of hydrogen-bond donors (Lipinski definition) is 1. The van der Waals surface area contributed by atoms with Crippen molar-refractivity contribution in [3.05, 3.63) is 10.6 Å². The van der Waals surface area contributed by atoms with Gasteiger partial charge in [0, 0.05) is 4.88 Å². The van der Waals surface area contributed by atoms with Crippen molar-refractivity contribution in [3.8, 4) is 0 Å². The summed E-state index contributed by atoms with van der Waals surface area (Å²) in [7, 11) is 1.28. The molecule has 1 fully saturated rings. The van der Waals surface area contributed by atoms with Gasteiger partial charge in [-0.05, 0) is 13.8 Å². The fraction of sp³-hybridized carbons (Fsp3) is 0.455. The Hall–Kier alpha value is -1.96. The van der Waals surface area contributed by atoms with Gasteiger partial charge in [-0.2, -0.15) is 0 Å². The number of nitrogens with one attached hydrogen (secondary N) is 1. The minimum Gasteiger partial charge on any atom is -0.464 e. The number of carbonyl (C=O) groups excluding carboxylic acids is 3. The van der Waals surface area contributed by atoms with Crippen LogP contribution < -0.4 is 10.2 Å². The average molecular weight is 283 g/mol. The average Bonchev–Trinajstić information content (AvgIpc) is 2.74. The molecule has 1 aromatic heterocycles. The molecule has 2 rings (SSSR count). The van der Waals surface area contributed by atoms with Crippen molar-refractivity contribution in [1.82, 2.24) is 10.3 Å². The van der Waals surface area contributed by atoms with E-state index in [1.165, 1.54) is 18.4 Å². The van der Waals surface area contributed by atoms with E-state index in [0.29, 0.717) is 10.0 Å². The maximum Gasteiger partial charge on any atom is 0.357 e. The Morgan fingerprint density at radius 1 is 1.53 bits per heavy atom. The number of methoxy groups -OCH3 is 1. The standard InChI is InChI=1S/C11H13N3O4S/c1-5-9(16)12-7(15)4-14(5)11-13-8(6(2)19-11)10(17)18-3/h5H,4H2,1-3H3,(H,12,15,16). The molecule has 0 radical (unpaired) electrons. The third-order valence-electron chi connectivity index (χ3n) is 2.83. The van der Waals surface area contributed by atoms with E-state index in [1.807, 2.05) is 0 Å². The zero-order valence-corrected chi connectivity index (χ0v) is 11.5. The number of amides is 2. The van der Waals surface area contributed by atoms with Crippen LogP contribution in [0.15, 0.2) is 0 Å².